The molecule has 0 aliphatic carbocycles. The second-order valence-electron chi connectivity index (χ2n) is 6.79. The molecule has 7 nitrogen and oxygen atoms in total. The third-order valence-electron chi connectivity index (χ3n) is 4.49. The van der Waals surface area contributed by atoms with E-state index in [1.54, 1.807) is 30.3 Å². The average Bonchev–Trinajstić information content (AvgIpc) is 3.01. The third-order valence-corrected chi connectivity index (χ3v) is 5.53. The molecule has 0 radical (unpaired) electrons. The van der Waals surface area contributed by atoms with E-state index in [1.165, 1.54) is 0 Å². The van der Waals surface area contributed by atoms with Gasteiger partial charge in [0.25, 0.3) is 0 Å². The number of halogens is 3. The first kappa shape index (κ1) is 23.6. The lowest BCUT2D eigenvalue weighted by molar-refractivity contribution is -0.136. The van der Waals surface area contributed by atoms with Gasteiger partial charge >= 0.3 is 15.6 Å². The second-order valence-corrected chi connectivity index (χ2v) is 8.35. The van der Waals surface area contributed by atoms with Gasteiger partial charge in [-0.05, 0) is 11.1 Å². The summed E-state index contributed by atoms with van der Waals surface area (Å²) in [7, 11) is -5.98. The molecule has 31 heavy (non-hydrogen) atoms. The molecule has 2 aromatic rings. The molecule has 3 rings (SSSR count). The molecule has 0 amide bonds. The van der Waals surface area contributed by atoms with Crippen molar-refractivity contribution in [2.45, 2.75) is 43.3 Å². The van der Waals surface area contributed by atoms with Crippen LogP contribution in [0.5, 0.6) is 0 Å². The van der Waals surface area contributed by atoms with Gasteiger partial charge in [0.15, 0.2) is 12.4 Å². The Morgan fingerprint density at radius 2 is 1.45 bits per heavy atom. The number of rotatable bonds is 9. The summed E-state index contributed by atoms with van der Waals surface area (Å²) < 4.78 is 81.9. The van der Waals surface area contributed by atoms with Gasteiger partial charge in [-0.3, -0.25) is 4.18 Å². The molecule has 1 N–H and O–H groups in total. The van der Waals surface area contributed by atoms with Gasteiger partial charge in [0.05, 0.1) is 19.8 Å². The summed E-state index contributed by atoms with van der Waals surface area (Å²) in [5.41, 5.74) is -4.13. The van der Waals surface area contributed by atoms with Crippen molar-refractivity contribution in [1.82, 2.24) is 0 Å². The highest BCUT2D eigenvalue weighted by atomic mass is 32.2. The first-order chi connectivity index (χ1) is 14.7. The van der Waals surface area contributed by atoms with Crippen LogP contribution in [0.25, 0.3) is 0 Å². The minimum Gasteiger partial charge on any atom is -0.374 e. The highest BCUT2D eigenvalue weighted by Crippen LogP contribution is 2.33. The molecule has 0 spiro atoms. The summed E-state index contributed by atoms with van der Waals surface area (Å²) in [5, 5.41) is 10.1. The molecule has 1 aliphatic heterocycles. The SMILES string of the molecule is O=S(=O)(O[C@@H]1C(O)O[C@@H](COCc2ccccc2)[C@H]1OCc1ccccc1)C(F)(F)F. The molecule has 1 heterocycles. The van der Waals surface area contributed by atoms with Crippen molar-refractivity contribution in [3.63, 3.8) is 0 Å². The van der Waals surface area contributed by atoms with Crippen LogP contribution >= 0.6 is 0 Å². The van der Waals surface area contributed by atoms with E-state index in [0.717, 1.165) is 5.56 Å². The van der Waals surface area contributed by atoms with E-state index in [9.17, 15) is 26.7 Å². The Kier molecular flexibility index (Phi) is 7.68. The van der Waals surface area contributed by atoms with Gasteiger partial charge in [0.2, 0.25) is 0 Å². The largest absolute Gasteiger partial charge is 0.523 e. The fourth-order valence-electron chi connectivity index (χ4n) is 2.98. The highest BCUT2D eigenvalue weighted by molar-refractivity contribution is 7.87. The molecular weight excluding hydrogens is 441 g/mol. The van der Waals surface area contributed by atoms with E-state index in [0.29, 0.717) is 5.56 Å². The Balaban J connectivity index is 1.71. The van der Waals surface area contributed by atoms with Crippen LogP contribution in [-0.2, 0) is 41.7 Å². The molecule has 0 bridgehead atoms. The van der Waals surface area contributed by atoms with Gasteiger partial charge in [-0.2, -0.15) is 21.6 Å². The topological polar surface area (TPSA) is 91.3 Å². The Labute approximate surface area is 177 Å². The van der Waals surface area contributed by atoms with Gasteiger partial charge in [-0.25, -0.2) is 0 Å². The maximum Gasteiger partial charge on any atom is 0.523 e. The summed E-state index contributed by atoms with van der Waals surface area (Å²) in [6, 6.07) is 17.8. The van der Waals surface area contributed by atoms with Crippen molar-refractivity contribution in [1.29, 1.82) is 0 Å². The number of aliphatic hydroxyl groups is 1. The van der Waals surface area contributed by atoms with Gasteiger partial charge in [-0.1, -0.05) is 60.7 Å². The van der Waals surface area contributed by atoms with Crippen molar-refractivity contribution in [3.8, 4) is 0 Å². The highest BCUT2D eigenvalue weighted by Gasteiger charge is 2.54. The van der Waals surface area contributed by atoms with Gasteiger partial charge in [-0.15, -0.1) is 0 Å². The summed E-state index contributed by atoms with van der Waals surface area (Å²) in [5.74, 6) is 0. The molecule has 0 aromatic heterocycles. The van der Waals surface area contributed by atoms with Crippen LogP contribution in [0, 0.1) is 0 Å². The first-order valence-electron chi connectivity index (χ1n) is 9.27. The molecule has 2 aromatic carbocycles. The summed E-state index contributed by atoms with van der Waals surface area (Å²) in [6.07, 6.45) is -6.26. The molecule has 11 heteroatoms. The predicted octanol–water partition coefficient (Wildman–Crippen LogP) is 2.74. The van der Waals surface area contributed by atoms with Crippen LogP contribution < -0.4 is 0 Å². The minimum absolute atomic E-state index is 0.0668. The average molecular weight is 462 g/mol. The predicted molar refractivity (Wildman–Crippen MR) is 102 cm³/mol. The lowest BCUT2D eigenvalue weighted by Crippen LogP contribution is -2.42. The number of ether oxygens (including phenoxy) is 3. The first-order valence-corrected chi connectivity index (χ1v) is 10.7. The van der Waals surface area contributed by atoms with Crippen LogP contribution in [-0.4, -0.2) is 50.2 Å². The zero-order valence-electron chi connectivity index (χ0n) is 16.1. The van der Waals surface area contributed by atoms with Gasteiger partial charge in [0.1, 0.15) is 12.2 Å². The zero-order chi connectivity index (χ0) is 22.5. The van der Waals surface area contributed by atoms with Crippen LogP contribution in [0.2, 0.25) is 0 Å². The number of benzene rings is 2. The van der Waals surface area contributed by atoms with Crippen LogP contribution in [0.15, 0.2) is 60.7 Å². The van der Waals surface area contributed by atoms with Crippen molar-refractivity contribution < 1.29 is 45.1 Å². The quantitative estimate of drug-likeness (QED) is 0.453. The summed E-state index contributed by atoms with van der Waals surface area (Å²) in [4.78, 5) is 0. The van der Waals surface area contributed by atoms with Crippen molar-refractivity contribution in [3.05, 3.63) is 71.8 Å². The fourth-order valence-corrected chi connectivity index (χ4v) is 3.59. The summed E-state index contributed by atoms with van der Waals surface area (Å²) in [6.45, 7) is -0.0609. The number of aliphatic hydroxyl groups excluding tert-OH is 1. The fraction of sp³-hybridized carbons (Fsp3) is 0.400. The molecule has 1 aliphatic rings. The zero-order valence-corrected chi connectivity index (χ0v) is 17.0. The molecule has 1 saturated heterocycles. The molecule has 1 unspecified atom stereocenters. The van der Waals surface area contributed by atoms with Gasteiger partial charge < -0.3 is 19.3 Å². The van der Waals surface area contributed by atoms with E-state index in [2.05, 4.69) is 4.18 Å². The molecule has 170 valence electrons. The monoisotopic (exact) mass is 462 g/mol. The third kappa shape index (κ3) is 6.25. The molecule has 4 atom stereocenters. The van der Waals surface area contributed by atoms with E-state index >= 15 is 0 Å². The van der Waals surface area contributed by atoms with E-state index in [4.69, 9.17) is 14.2 Å². The van der Waals surface area contributed by atoms with Crippen LogP contribution in [0.3, 0.4) is 0 Å². The smallest absolute Gasteiger partial charge is 0.374 e. The van der Waals surface area contributed by atoms with E-state index < -0.39 is 40.2 Å². The number of hydrogen-bond acceptors (Lipinski definition) is 7. The number of hydrogen-bond donors (Lipinski definition) is 1. The van der Waals surface area contributed by atoms with E-state index in [1.807, 2.05) is 30.3 Å². The molecule has 0 saturated carbocycles. The second kappa shape index (κ2) is 10.1. The normalized spacial score (nSPS) is 24.4. The Bertz CT molecular complexity index is 923. The lowest BCUT2D eigenvalue weighted by Gasteiger charge is -2.23. The standard InChI is InChI=1S/C20H21F3O7S/c21-20(22,23)31(25,26)30-18-17(28-12-15-9-5-2-6-10-15)16(29-19(18)24)13-27-11-14-7-3-1-4-8-14/h1-10,16-19,24H,11-13H2/t16-,17+,18-,19?/m0/s1. The Morgan fingerprint density at radius 3 is 2.00 bits per heavy atom. The minimum atomic E-state index is -5.98. The maximum absolute atomic E-state index is 12.8. The maximum atomic E-state index is 12.8. The molecule has 1 fully saturated rings. The molecular formula is C20H21F3O7S. The van der Waals surface area contributed by atoms with E-state index in [-0.39, 0.29) is 19.8 Å². The van der Waals surface area contributed by atoms with Crippen LogP contribution in [0.1, 0.15) is 11.1 Å². The number of alkyl halides is 3. The summed E-state index contributed by atoms with van der Waals surface area (Å²) >= 11 is 0. The van der Waals surface area contributed by atoms with Crippen LogP contribution in [0.4, 0.5) is 13.2 Å². The Morgan fingerprint density at radius 1 is 0.903 bits per heavy atom. The van der Waals surface area contributed by atoms with Crippen molar-refractivity contribution in [2.75, 3.05) is 6.61 Å². The Hall–Kier alpha value is -2.02. The van der Waals surface area contributed by atoms with Gasteiger partial charge in [0, 0.05) is 0 Å². The van der Waals surface area contributed by atoms with Crippen molar-refractivity contribution >= 4 is 10.1 Å². The lowest BCUT2D eigenvalue weighted by atomic mass is 10.1. The van der Waals surface area contributed by atoms with Crippen molar-refractivity contribution in [2.24, 2.45) is 0 Å².